The van der Waals surface area contributed by atoms with Crippen molar-refractivity contribution in [2.45, 2.75) is 25.8 Å². The first-order valence-corrected chi connectivity index (χ1v) is 5.89. The van der Waals surface area contributed by atoms with Gasteiger partial charge in [-0.25, -0.2) is 4.79 Å². The van der Waals surface area contributed by atoms with Gasteiger partial charge < -0.3 is 16.2 Å². The quantitative estimate of drug-likeness (QED) is 0.733. The molecular weight excluding hydrogens is 232 g/mol. The van der Waals surface area contributed by atoms with Crippen LogP contribution < -0.4 is 11.1 Å². The predicted octanol–water partition coefficient (Wildman–Crippen LogP) is 1.37. The molecule has 5 heteroatoms. The Morgan fingerprint density at radius 1 is 1.44 bits per heavy atom. The van der Waals surface area contributed by atoms with Crippen molar-refractivity contribution < 1.29 is 14.7 Å². The number of primary amides is 1. The highest BCUT2D eigenvalue weighted by molar-refractivity contribution is 5.93. The Kier molecular flexibility index (Phi) is 3.23. The van der Waals surface area contributed by atoms with Gasteiger partial charge in [0.15, 0.2) is 0 Å². The average Bonchev–Trinajstić information content (AvgIpc) is 3.10. The Morgan fingerprint density at radius 3 is 2.56 bits per heavy atom. The Labute approximate surface area is 105 Å². The second-order valence-electron chi connectivity index (χ2n) is 4.69. The third-order valence-electron chi connectivity index (χ3n) is 3.18. The van der Waals surface area contributed by atoms with Gasteiger partial charge in [0, 0.05) is 11.3 Å². The molecule has 1 saturated carbocycles. The monoisotopic (exact) mass is 248 g/mol. The lowest BCUT2D eigenvalue weighted by Gasteiger charge is -2.17. The Balaban J connectivity index is 2.18. The lowest BCUT2D eigenvalue weighted by Crippen LogP contribution is -2.31. The number of aryl methyl sites for hydroxylation is 1. The average molecular weight is 248 g/mol. The predicted molar refractivity (Wildman–Crippen MR) is 67.5 cm³/mol. The lowest BCUT2D eigenvalue weighted by molar-refractivity contribution is -0.138. The van der Waals surface area contributed by atoms with E-state index >= 15 is 0 Å². The van der Waals surface area contributed by atoms with Gasteiger partial charge in [-0.15, -0.1) is 0 Å². The van der Waals surface area contributed by atoms with Crippen LogP contribution in [0.1, 0.15) is 28.8 Å². The molecule has 1 aliphatic carbocycles. The van der Waals surface area contributed by atoms with E-state index in [1.165, 1.54) is 0 Å². The van der Waals surface area contributed by atoms with Crippen molar-refractivity contribution in [3.8, 4) is 0 Å². The fourth-order valence-corrected chi connectivity index (χ4v) is 1.96. The molecule has 5 nitrogen and oxygen atoms in total. The molecule has 2 rings (SSSR count). The molecule has 0 spiro atoms. The van der Waals surface area contributed by atoms with Gasteiger partial charge in [-0.2, -0.15) is 0 Å². The van der Waals surface area contributed by atoms with Crippen molar-refractivity contribution in [2.24, 2.45) is 11.7 Å². The number of aliphatic carboxylic acids is 1. The Hall–Kier alpha value is -2.04. The minimum Gasteiger partial charge on any atom is -0.480 e. The lowest BCUT2D eigenvalue weighted by atomic mass is 10.1. The zero-order valence-corrected chi connectivity index (χ0v) is 10.1. The van der Waals surface area contributed by atoms with Crippen LogP contribution in [0.25, 0.3) is 0 Å². The summed E-state index contributed by atoms with van der Waals surface area (Å²) < 4.78 is 0. The number of hydrogen-bond donors (Lipinski definition) is 3. The number of rotatable bonds is 5. The van der Waals surface area contributed by atoms with Gasteiger partial charge in [-0.3, -0.25) is 4.79 Å². The third kappa shape index (κ3) is 2.61. The summed E-state index contributed by atoms with van der Waals surface area (Å²) in [6.45, 7) is 1.82. The van der Waals surface area contributed by atoms with Crippen LogP contribution in [0.4, 0.5) is 5.69 Å². The molecule has 18 heavy (non-hydrogen) atoms. The number of carboxylic acids is 1. The fraction of sp³-hybridized carbons (Fsp3) is 0.385. The minimum absolute atomic E-state index is 0.206. The van der Waals surface area contributed by atoms with Crippen molar-refractivity contribution in [2.75, 3.05) is 5.32 Å². The molecule has 1 aliphatic rings. The standard InChI is InChI=1S/C13H16N2O3/c1-7-6-9(12(14)16)4-5-10(7)15-11(13(17)18)8-2-3-8/h4-6,8,11,15H,2-3H2,1H3,(H2,14,16)(H,17,18). The summed E-state index contributed by atoms with van der Waals surface area (Å²) in [4.78, 5) is 22.2. The molecule has 1 amide bonds. The number of carboxylic acid groups (broad SMARTS) is 1. The molecule has 0 saturated heterocycles. The fourth-order valence-electron chi connectivity index (χ4n) is 1.96. The molecule has 1 unspecified atom stereocenters. The highest BCUT2D eigenvalue weighted by Gasteiger charge is 2.36. The number of benzene rings is 1. The summed E-state index contributed by atoms with van der Waals surface area (Å²) in [5.74, 6) is -1.12. The van der Waals surface area contributed by atoms with Crippen molar-refractivity contribution >= 4 is 17.6 Å². The maximum absolute atomic E-state index is 11.1. The molecule has 0 aromatic heterocycles. The molecule has 1 aromatic carbocycles. The molecule has 1 atom stereocenters. The number of nitrogens with two attached hydrogens (primary N) is 1. The van der Waals surface area contributed by atoms with Crippen LogP contribution in [0, 0.1) is 12.8 Å². The van der Waals surface area contributed by atoms with E-state index in [0.717, 1.165) is 24.1 Å². The van der Waals surface area contributed by atoms with Crippen molar-refractivity contribution in [1.82, 2.24) is 0 Å². The van der Waals surface area contributed by atoms with Gasteiger partial charge >= 0.3 is 5.97 Å². The number of anilines is 1. The molecule has 0 bridgehead atoms. The zero-order chi connectivity index (χ0) is 13.3. The van der Waals surface area contributed by atoms with Crippen molar-refractivity contribution in [3.05, 3.63) is 29.3 Å². The zero-order valence-electron chi connectivity index (χ0n) is 10.1. The first-order valence-electron chi connectivity index (χ1n) is 5.89. The van der Waals surface area contributed by atoms with E-state index in [4.69, 9.17) is 10.8 Å². The second-order valence-corrected chi connectivity index (χ2v) is 4.69. The van der Waals surface area contributed by atoms with E-state index in [-0.39, 0.29) is 5.92 Å². The van der Waals surface area contributed by atoms with Crippen LogP contribution in [0.2, 0.25) is 0 Å². The number of amides is 1. The second kappa shape index (κ2) is 4.68. The van der Waals surface area contributed by atoms with Gasteiger partial charge in [0.2, 0.25) is 5.91 Å². The molecule has 4 N–H and O–H groups in total. The molecule has 0 heterocycles. The van der Waals surface area contributed by atoms with Crippen LogP contribution in [-0.4, -0.2) is 23.0 Å². The van der Waals surface area contributed by atoms with Gasteiger partial charge in [0.05, 0.1) is 0 Å². The van der Waals surface area contributed by atoms with E-state index in [9.17, 15) is 9.59 Å². The van der Waals surface area contributed by atoms with E-state index in [1.54, 1.807) is 18.2 Å². The molecular formula is C13H16N2O3. The highest BCUT2D eigenvalue weighted by atomic mass is 16.4. The maximum Gasteiger partial charge on any atom is 0.326 e. The summed E-state index contributed by atoms with van der Waals surface area (Å²) >= 11 is 0. The molecule has 0 aliphatic heterocycles. The van der Waals surface area contributed by atoms with Gasteiger partial charge in [-0.05, 0) is 49.4 Å². The topological polar surface area (TPSA) is 92.4 Å². The van der Waals surface area contributed by atoms with Crippen molar-refractivity contribution in [3.63, 3.8) is 0 Å². The van der Waals surface area contributed by atoms with Gasteiger partial charge in [0.25, 0.3) is 0 Å². The summed E-state index contributed by atoms with van der Waals surface area (Å²) in [7, 11) is 0. The van der Waals surface area contributed by atoms with Gasteiger partial charge in [-0.1, -0.05) is 0 Å². The molecule has 1 aromatic rings. The summed E-state index contributed by atoms with van der Waals surface area (Å²) in [5, 5.41) is 12.2. The summed E-state index contributed by atoms with van der Waals surface area (Å²) in [6, 6.07) is 4.41. The SMILES string of the molecule is Cc1cc(C(N)=O)ccc1NC(C(=O)O)C1CC1. The summed E-state index contributed by atoms with van der Waals surface area (Å²) in [6.07, 6.45) is 1.89. The number of carbonyl (C=O) groups is 2. The molecule has 96 valence electrons. The number of carbonyl (C=O) groups excluding carboxylic acids is 1. The van der Waals surface area contributed by atoms with Crippen LogP contribution >= 0.6 is 0 Å². The van der Waals surface area contributed by atoms with Gasteiger partial charge in [0.1, 0.15) is 6.04 Å². The third-order valence-corrected chi connectivity index (χ3v) is 3.18. The minimum atomic E-state index is -0.837. The molecule has 1 fully saturated rings. The van der Waals surface area contributed by atoms with Crippen LogP contribution in [0.3, 0.4) is 0 Å². The van der Waals surface area contributed by atoms with E-state index < -0.39 is 17.9 Å². The van der Waals surface area contributed by atoms with E-state index in [0.29, 0.717) is 5.56 Å². The first-order chi connectivity index (χ1) is 8.49. The van der Waals surface area contributed by atoms with Crippen LogP contribution in [0.5, 0.6) is 0 Å². The van der Waals surface area contributed by atoms with E-state index in [2.05, 4.69) is 5.32 Å². The Morgan fingerprint density at radius 2 is 2.11 bits per heavy atom. The maximum atomic E-state index is 11.1. The normalized spacial score (nSPS) is 16.1. The van der Waals surface area contributed by atoms with Crippen LogP contribution in [0.15, 0.2) is 18.2 Å². The Bertz CT molecular complexity index is 495. The number of hydrogen-bond acceptors (Lipinski definition) is 3. The molecule has 0 radical (unpaired) electrons. The van der Waals surface area contributed by atoms with E-state index in [1.807, 2.05) is 6.92 Å². The smallest absolute Gasteiger partial charge is 0.326 e. The van der Waals surface area contributed by atoms with Crippen molar-refractivity contribution in [1.29, 1.82) is 0 Å². The van der Waals surface area contributed by atoms with Crippen LogP contribution in [-0.2, 0) is 4.79 Å². The highest BCUT2D eigenvalue weighted by Crippen LogP contribution is 2.34. The number of nitrogens with one attached hydrogen (secondary N) is 1. The summed E-state index contributed by atoms with van der Waals surface area (Å²) in [5.41, 5.74) is 7.17. The largest absolute Gasteiger partial charge is 0.480 e. The first kappa shape index (κ1) is 12.4.